The van der Waals surface area contributed by atoms with E-state index in [1.807, 2.05) is 4.90 Å². The number of amides is 2. The van der Waals surface area contributed by atoms with Crippen molar-refractivity contribution >= 4 is 21.7 Å². The fourth-order valence-corrected chi connectivity index (χ4v) is 5.78. The van der Waals surface area contributed by atoms with Crippen LogP contribution >= 0.6 is 0 Å². The van der Waals surface area contributed by atoms with E-state index in [4.69, 9.17) is 0 Å². The summed E-state index contributed by atoms with van der Waals surface area (Å²) in [5.74, 6) is 0.911. The predicted molar refractivity (Wildman–Crippen MR) is 101 cm³/mol. The Bertz CT molecular complexity index is 825. The van der Waals surface area contributed by atoms with Gasteiger partial charge in [0.25, 0.3) is 0 Å². The molecule has 0 bridgehead atoms. The highest BCUT2D eigenvalue weighted by Gasteiger charge is 2.35. The molecule has 6 nitrogen and oxygen atoms in total. The van der Waals surface area contributed by atoms with Crippen LogP contribution in [0.4, 0.5) is 14.9 Å². The summed E-state index contributed by atoms with van der Waals surface area (Å²) < 4.78 is 39.5. The predicted octanol–water partition coefficient (Wildman–Crippen LogP) is 2.70. The number of rotatable bonds is 4. The van der Waals surface area contributed by atoms with Gasteiger partial charge in [-0.25, -0.2) is 17.6 Å². The second-order valence-corrected chi connectivity index (χ2v) is 9.88. The molecule has 1 unspecified atom stereocenters. The first-order valence-corrected chi connectivity index (χ1v) is 11.4. The van der Waals surface area contributed by atoms with Gasteiger partial charge in [-0.1, -0.05) is 6.07 Å². The summed E-state index contributed by atoms with van der Waals surface area (Å²) in [6.45, 7) is 2.13. The van der Waals surface area contributed by atoms with Crippen LogP contribution in [0.2, 0.25) is 0 Å². The van der Waals surface area contributed by atoms with Crippen molar-refractivity contribution in [1.82, 2.24) is 10.2 Å². The standard InChI is InChI=1S/C19H26FN3O3S/c20-17-11-14(4-7-18(17)23-9-2-10-27(23,25)26)12-21-19(24)22-8-1-3-16(13-22)15-5-6-15/h4,7,11,15-16H,1-3,5-6,8-10,12-13H2,(H,21,24). The minimum atomic E-state index is -3.41. The molecule has 1 aromatic carbocycles. The molecular weight excluding hydrogens is 369 g/mol. The van der Waals surface area contributed by atoms with Crippen molar-refractivity contribution < 1.29 is 17.6 Å². The maximum atomic E-state index is 14.4. The normalized spacial score (nSPS) is 24.9. The molecule has 1 aliphatic carbocycles. The number of hydrogen-bond acceptors (Lipinski definition) is 3. The zero-order valence-electron chi connectivity index (χ0n) is 15.4. The third-order valence-electron chi connectivity index (χ3n) is 5.86. The zero-order chi connectivity index (χ0) is 19.0. The highest BCUT2D eigenvalue weighted by Crippen LogP contribution is 2.40. The molecule has 2 aliphatic heterocycles. The third kappa shape index (κ3) is 4.05. The van der Waals surface area contributed by atoms with Gasteiger partial charge in [-0.05, 0) is 61.6 Å². The largest absolute Gasteiger partial charge is 0.334 e. The molecule has 0 aromatic heterocycles. The molecule has 1 N–H and O–H groups in total. The van der Waals surface area contributed by atoms with Crippen LogP contribution in [-0.2, 0) is 16.6 Å². The molecular formula is C19H26FN3O3S. The molecule has 3 fully saturated rings. The lowest BCUT2D eigenvalue weighted by Gasteiger charge is -2.33. The van der Waals surface area contributed by atoms with E-state index < -0.39 is 15.8 Å². The first-order valence-electron chi connectivity index (χ1n) is 9.76. The van der Waals surface area contributed by atoms with Crippen LogP contribution < -0.4 is 9.62 Å². The second-order valence-electron chi connectivity index (χ2n) is 7.87. The second kappa shape index (κ2) is 7.30. The fourth-order valence-electron chi connectivity index (χ4n) is 4.21. The number of benzene rings is 1. The van der Waals surface area contributed by atoms with Crippen molar-refractivity contribution in [1.29, 1.82) is 0 Å². The van der Waals surface area contributed by atoms with E-state index in [-0.39, 0.29) is 24.0 Å². The number of urea groups is 1. The molecule has 0 radical (unpaired) electrons. The van der Waals surface area contributed by atoms with E-state index in [2.05, 4.69) is 5.32 Å². The van der Waals surface area contributed by atoms with Gasteiger partial charge < -0.3 is 10.2 Å². The first-order chi connectivity index (χ1) is 12.9. The Labute approximate surface area is 159 Å². The van der Waals surface area contributed by atoms with Crippen LogP contribution in [0.1, 0.15) is 37.7 Å². The number of piperidine rings is 1. The molecule has 148 valence electrons. The summed E-state index contributed by atoms with van der Waals surface area (Å²) in [5.41, 5.74) is 0.711. The summed E-state index contributed by atoms with van der Waals surface area (Å²) >= 11 is 0. The first kappa shape index (κ1) is 18.5. The summed E-state index contributed by atoms with van der Waals surface area (Å²) in [7, 11) is -3.41. The molecule has 1 atom stereocenters. The number of carbonyl (C=O) groups is 1. The van der Waals surface area contributed by atoms with Gasteiger partial charge in [0.05, 0.1) is 11.4 Å². The van der Waals surface area contributed by atoms with E-state index in [0.29, 0.717) is 24.4 Å². The average molecular weight is 396 g/mol. The minimum Gasteiger partial charge on any atom is -0.334 e. The SMILES string of the molecule is O=C(NCc1ccc(N2CCCS2(=O)=O)c(F)c1)N1CCCC(C2CC2)C1. The highest BCUT2D eigenvalue weighted by atomic mass is 32.2. The van der Waals surface area contributed by atoms with E-state index in [9.17, 15) is 17.6 Å². The molecule has 1 saturated carbocycles. The summed E-state index contributed by atoms with van der Waals surface area (Å²) in [6.07, 6.45) is 5.34. The minimum absolute atomic E-state index is 0.0575. The smallest absolute Gasteiger partial charge is 0.317 e. The molecule has 4 rings (SSSR count). The maximum Gasteiger partial charge on any atom is 0.317 e. The van der Waals surface area contributed by atoms with Crippen molar-refractivity contribution in [3.8, 4) is 0 Å². The van der Waals surface area contributed by atoms with Gasteiger partial charge in [-0.2, -0.15) is 0 Å². The third-order valence-corrected chi connectivity index (χ3v) is 7.71. The number of sulfonamides is 1. The molecule has 8 heteroatoms. The highest BCUT2D eigenvalue weighted by molar-refractivity contribution is 7.93. The molecule has 27 heavy (non-hydrogen) atoms. The lowest BCUT2D eigenvalue weighted by Crippen LogP contribution is -2.45. The van der Waals surface area contributed by atoms with E-state index in [1.54, 1.807) is 6.07 Å². The maximum absolute atomic E-state index is 14.4. The van der Waals surface area contributed by atoms with E-state index >= 15 is 0 Å². The Kier molecular flexibility index (Phi) is 5.01. The Balaban J connectivity index is 1.35. The van der Waals surface area contributed by atoms with Gasteiger partial charge in [0, 0.05) is 26.2 Å². The average Bonchev–Trinajstić information content (AvgIpc) is 3.44. The van der Waals surface area contributed by atoms with Crippen LogP contribution in [0.5, 0.6) is 0 Å². The quantitative estimate of drug-likeness (QED) is 0.852. The van der Waals surface area contributed by atoms with E-state index in [1.165, 1.54) is 31.4 Å². The van der Waals surface area contributed by atoms with Crippen molar-refractivity contribution in [2.75, 3.05) is 29.7 Å². The molecule has 2 amide bonds. The molecule has 1 aromatic rings. The van der Waals surface area contributed by atoms with Gasteiger partial charge in [-0.3, -0.25) is 4.31 Å². The van der Waals surface area contributed by atoms with Crippen LogP contribution in [0, 0.1) is 17.7 Å². The Hall–Kier alpha value is -1.83. The molecule has 0 spiro atoms. The monoisotopic (exact) mass is 395 g/mol. The summed E-state index contributed by atoms with van der Waals surface area (Å²) in [6, 6.07) is 4.37. The van der Waals surface area contributed by atoms with E-state index in [0.717, 1.165) is 29.7 Å². The molecule has 3 aliphatic rings. The van der Waals surface area contributed by atoms with Crippen molar-refractivity contribution in [2.45, 2.75) is 38.6 Å². The molecule has 2 heterocycles. The van der Waals surface area contributed by atoms with Crippen molar-refractivity contribution in [2.24, 2.45) is 11.8 Å². The van der Waals surface area contributed by atoms with Crippen molar-refractivity contribution in [3.63, 3.8) is 0 Å². The lowest BCUT2D eigenvalue weighted by molar-refractivity contribution is 0.158. The number of nitrogens with zero attached hydrogens (tertiary/aromatic N) is 2. The van der Waals surface area contributed by atoms with Gasteiger partial charge >= 0.3 is 6.03 Å². The lowest BCUT2D eigenvalue weighted by atomic mass is 9.93. The van der Waals surface area contributed by atoms with Crippen LogP contribution in [0.3, 0.4) is 0 Å². The number of halogens is 1. The Morgan fingerprint density at radius 1 is 1.15 bits per heavy atom. The Morgan fingerprint density at radius 2 is 1.96 bits per heavy atom. The van der Waals surface area contributed by atoms with Crippen LogP contribution in [0.15, 0.2) is 18.2 Å². The number of likely N-dealkylation sites (tertiary alicyclic amines) is 1. The van der Waals surface area contributed by atoms with Crippen LogP contribution in [-0.4, -0.2) is 44.7 Å². The van der Waals surface area contributed by atoms with Crippen molar-refractivity contribution in [3.05, 3.63) is 29.6 Å². The van der Waals surface area contributed by atoms with Crippen LogP contribution in [0.25, 0.3) is 0 Å². The zero-order valence-corrected chi connectivity index (χ0v) is 16.2. The number of carbonyl (C=O) groups excluding carboxylic acids is 1. The molecule has 2 saturated heterocycles. The fraction of sp³-hybridized carbons (Fsp3) is 0.632. The van der Waals surface area contributed by atoms with Gasteiger partial charge in [0.2, 0.25) is 10.0 Å². The summed E-state index contributed by atoms with van der Waals surface area (Å²) in [4.78, 5) is 14.3. The van der Waals surface area contributed by atoms with Gasteiger partial charge in [0.1, 0.15) is 5.82 Å². The van der Waals surface area contributed by atoms with Gasteiger partial charge in [0.15, 0.2) is 0 Å². The number of nitrogens with one attached hydrogen (secondary N) is 1. The number of hydrogen-bond donors (Lipinski definition) is 1. The van der Waals surface area contributed by atoms with Gasteiger partial charge in [-0.15, -0.1) is 0 Å². The summed E-state index contributed by atoms with van der Waals surface area (Å²) in [5, 5.41) is 2.87. The number of anilines is 1. The Morgan fingerprint density at radius 3 is 2.63 bits per heavy atom. The topological polar surface area (TPSA) is 69.7 Å².